The van der Waals surface area contributed by atoms with Gasteiger partial charge < -0.3 is 5.32 Å². The predicted molar refractivity (Wildman–Crippen MR) is 100 cm³/mol. The minimum absolute atomic E-state index is 0.0153. The lowest BCUT2D eigenvalue weighted by Gasteiger charge is -2.17. The molecule has 0 saturated heterocycles. The second-order valence-electron chi connectivity index (χ2n) is 6.19. The fraction of sp³-hybridized carbons (Fsp3) is 0.316. The topological polar surface area (TPSA) is 66.5 Å². The van der Waals surface area contributed by atoms with Crippen molar-refractivity contribution in [3.05, 3.63) is 59.7 Å². The van der Waals surface area contributed by atoms with Crippen LogP contribution in [0.1, 0.15) is 18.1 Å². The van der Waals surface area contributed by atoms with Gasteiger partial charge in [0.25, 0.3) is 0 Å². The number of rotatable bonds is 8. The molecule has 2 rings (SSSR count). The third-order valence-electron chi connectivity index (χ3n) is 4.00. The van der Waals surface area contributed by atoms with E-state index < -0.39 is 26.4 Å². The molecule has 0 spiro atoms. The molecule has 0 radical (unpaired) electrons. The van der Waals surface area contributed by atoms with Gasteiger partial charge in [-0.2, -0.15) is 8.78 Å². The molecule has 2 aromatic rings. The highest BCUT2D eigenvalue weighted by atomic mass is 32.2. The highest BCUT2D eigenvalue weighted by Crippen LogP contribution is 2.26. The molecule has 0 aliphatic heterocycles. The molecule has 2 aromatic carbocycles. The molecule has 0 aliphatic carbocycles. The molecular formula is C19H22F2N2O3S. The van der Waals surface area contributed by atoms with E-state index in [0.717, 1.165) is 18.1 Å². The zero-order chi connectivity index (χ0) is 20.0. The fourth-order valence-corrected chi connectivity index (χ4v) is 3.48. The number of alkyl halides is 2. The Morgan fingerprint density at radius 2 is 1.67 bits per heavy atom. The Bertz CT molecular complexity index is 884. The lowest BCUT2D eigenvalue weighted by atomic mass is 10.1. The van der Waals surface area contributed by atoms with Crippen molar-refractivity contribution in [3.63, 3.8) is 0 Å². The smallest absolute Gasteiger partial charge is 0.324 e. The predicted octanol–water partition coefficient (Wildman–Crippen LogP) is 3.32. The second kappa shape index (κ2) is 9.05. The van der Waals surface area contributed by atoms with Crippen molar-refractivity contribution < 1.29 is 22.0 Å². The lowest BCUT2D eigenvalue weighted by molar-refractivity contribution is -0.117. The van der Waals surface area contributed by atoms with Crippen molar-refractivity contribution in [2.75, 3.05) is 18.9 Å². The van der Waals surface area contributed by atoms with E-state index in [4.69, 9.17) is 0 Å². The number of carbonyl (C=O) groups excluding carboxylic acids is 1. The molecule has 0 atom stereocenters. The summed E-state index contributed by atoms with van der Waals surface area (Å²) in [5.41, 5.74) is 2.10. The van der Waals surface area contributed by atoms with Crippen LogP contribution in [0.25, 0.3) is 0 Å². The number of para-hydroxylation sites is 1. The maximum absolute atomic E-state index is 12.8. The van der Waals surface area contributed by atoms with Crippen LogP contribution in [-0.2, 0) is 27.6 Å². The van der Waals surface area contributed by atoms with Crippen LogP contribution in [-0.4, -0.2) is 38.6 Å². The third kappa shape index (κ3) is 5.58. The largest absolute Gasteiger partial charge is 0.341 e. The maximum atomic E-state index is 12.8. The highest BCUT2D eigenvalue weighted by molar-refractivity contribution is 7.91. The Kier molecular flexibility index (Phi) is 7.04. The molecule has 1 N–H and O–H groups in total. The van der Waals surface area contributed by atoms with Crippen LogP contribution in [0.15, 0.2) is 53.4 Å². The first-order valence-electron chi connectivity index (χ1n) is 8.41. The van der Waals surface area contributed by atoms with Gasteiger partial charge in [-0.1, -0.05) is 43.3 Å². The average molecular weight is 396 g/mol. The van der Waals surface area contributed by atoms with Gasteiger partial charge in [-0.3, -0.25) is 9.69 Å². The Morgan fingerprint density at radius 1 is 1.07 bits per heavy atom. The van der Waals surface area contributed by atoms with Crippen molar-refractivity contribution in [2.24, 2.45) is 0 Å². The molecule has 1 amide bonds. The molecule has 0 fully saturated rings. The number of amides is 1. The molecule has 5 nitrogen and oxygen atoms in total. The fourth-order valence-electron chi connectivity index (χ4n) is 2.60. The molecule has 0 unspecified atom stereocenters. The average Bonchev–Trinajstić information content (AvgIpc) is 2.62. The van der Waals surface area contributed by atoms with Crippen LogP contribution >= 0.6 is 0 Å². The molecule has 0 heterocycles. The van der Waals surface area contributed by atoms with Crippen molar-refractivity contribution >= 4 is 21.4 Å². The maximum Gasteiger partial charge on any atom is 0.341 e. The van der Waals surface area contributed by atoms with Crippen LogP contribution in [0.5, 0.6) is 0 Å². The number of hydrogen-bond donors (Lipinski definition) is 1. The van der Waals surface area contributed by atoms with E-state index in [1.165, 1.54) is 23.8 Å². The van der Waals surface area contributed by atoms with Crippen LogP contribution in [0.2, 0.25) is 0 Å². The number of nitrogens with zero attached hydrogens (tertiary/aromatic N) is 1. The van der Waals surface area contributed by atoms with Gasteiger partial charge in [0.1, 0.15) is 0 Å². The lowest BCUT2D eigenvalue weighted by Crippen LogP contribution is -2.30. The monoisotopic (exact) mass is 396 g/mol. The Balaban J connectivity index is 2.03. The van der Waals surface area contributed by atoms with E-state index in [1.54, 1.807) is 11.9 Å². The van der Waals surface area contributed by atoms with E-state index in [2.05, 4.69) is 12.2 Å². The third-order valence-corrected chi connectivity index (χ3v) is 5.44. The van der Waals surface area contributed by atoms with Gasteiger partial charge in [-0.25, -0.2) is 8.42 Å². The summed E-state index contributed by atoms with van der Waals surface area (Å²) in [6, 6.07) is 13.2. The number of hydrogen-bond acceptors (Lipinski definition) is 4. The van der Waals surface area contributed by atoms with Crippen LogP contribution in [0, 0.1) is 0 Å². The number of aryl methyl sites for hydroxylation is 1. The number of likely N-dealkylation sites (N-methyl/N-ethyl adjacent to an activating group) is 1. The SMILES string of the molecule is CCc1ccc(CN(C)CC(=O)Nc2ccccc2S(=O)(=O)C(F)F)cc1. The van der Waals surface area contributed by atoms with E-state index in [0.29, 0.717) is 6.54 Å². The van der Waals surface area contributed by atoms with Gasteiger partial charge in [0.05, 0.1) is 17.1 Å². The van der Waals surface area contributed by atoms with Gasteiger partial charge in [-0.15, -0.1) is 0 Å². The molecule has 8 heteroatoms. The second-order valence-corrected chi connectivity index (χ2v) is 8.08. The molecule has 0 aromatic heterocycles. The minimum Gasteiger partial charge on any atom is -0.324 e. The number of nitrogens with one attached hydrogen (secondary N) is 1. The van der Waals surface area contributed by atoms with E-state index in [9.17, 15) is 22.0 Å². The van der Waals surface area contributed by atoms with Gasteiger partial charge >= 0.3 is 5.76 Å². The molecule has 27 heavy (non-hydrogen) atoms. The first kappa shape index (κ1) is 21.0. The van der Waals surface area contributed by atoms with Gasteiger partial charge in [0, 0.05) is 6.54 Å². The van der Waals surface area contributed by atoms with Crippen LogP contribution < -0.4 is 5.32 Å². The van der Waals surface area contributed by atoms with E-state index in [-0.39, 0.29) is 12.2 Å². The molecule has 146 valence electrons. The summed E-state index contributed by atoms with van der Waals surface area (Å²) < 4.78 is 49.1. The first-order valence-corrected chi connectivity index (χ1v) is 9.96. The van der Waals surface area contributed by atoms with Crippen molar-refractivity contribution in [1.82, 2.24) is 4.90 Å². The number of carbonyl (C=O) groups is 1. The summed E-state index contributed by atoms with van der Waals surface area (Å²) in [6.07, 6.45) is 0.944. The zero-order valence-corrected chi connectivity index (χ0v) is 16.0. The van der Waals surface area contributed by atoms with Gasteiger partial charge in [0.2, 0.25) is 15.7 Å². The highest BCUT2D eigenvalue weighted by Gasteiger charge is 2.29. The minimum atomic E-state index is -4.80. The Labute approximate surface area is 157 Å². The van der Waals surface area contributed by atoms with Gasteiger partial charge in [-0.05, 0) is 36.7 Å². The number of sulfone groups is 1. The molecule has 0 bridgehead atoms. The summed E-state index contributed by atoms with van der Waals surface area (Å²) in [7, 11) is -3.05. The summed E-state index contributed by atoms with van der Waals surface area (Å²) in [4.78, 5) is 13.4. The van der Waals surface area contributed by atoms with Crippen LogP contribution in [0.4, 0.5) is 14.5 Å². The number of anilines is 1. The summed E-state index contributed by atoms with van der Waals surface area (Å²) in [6.45, 7) is 2.57. The normalized spacial score (nSPS) is 11.8. The van der Waals surface area contributed by atoms with Crippen molar-refractivity contribution in [1.29, 1.82) is 0 Å². The quantitative estimate of drug-likeness (QED) is 0.743. The van der Waals surface area contributed by atoms with E-state index in [1.807, 2.05) is 24.3 Å². The van der Waals surface area contributed by atoms with Gasteiger partial charge in [0.15, 0.2) is 0 Å². The number of halogens is 2. The van der Waals surface area contributed by atoms with Crippen molar-refractivity contribution in [2.45, 2.75) is 30.5 Å². The molecule has 0 aliphatic rings. The molecular weight excluding hydrogens is 374 g/mol. The summed E-state index contributed by atoms with van der Waals surface area (Å²) in [5.74, 6) is -4.04. The molecule has 0 saturated carbocycles. The Hall–Kier alpha value is -2.32. The number of benzene rings is 2. The summed E-state index contributed by atoms with van der Waals surface area (Å²) >= 11 is 0. The Morgan fingerprint density at radius 3 is 2.26 bits per heavy atom. The van der Waals surface area contributed by atoms with Crippen LogP contribution in [0.3, 0.4) is 0 Å². The standard InChI is InChI=1S/C19H22F2N2O3S/c1-3-14-8-10-15(11-9-14)12-23(2)13-18(24)22-16-6-4-5-7-17(16)27(25,26)19(20)21/h4-11,19H,3,12-13H2,1-2H3,(H,22,24). The summed E-state index contributed by atoms with van der Waals surface area (Å²) in [5, 5.41) is 2.41. The zero-order valence-electron chi connectivity index (χ0n) is 15.2. The first-order chi connectivity index (χ1) is 12.7. The van der Waals surface area contributed by atoms with E-state index >= 15 is 0 Å². The van der Waals surface area contributed by atoms with Crippen molar-refractivity contribution in [3.8, 4) is 0 Å².